The van der Waals surface area contributed by atoms with E-state index in [1.807, 2.05) is 18.7 Å². The lowest BCUT2D eigenvalue weighted by molar-refractivity contribution is 0.358. The highest BCUT2D eigenvalue weighted by Crippen LogP contribution is 2.32. The molecule has 4 heteroatoms. The predicted octanol–water partition coefficient (Wildman–Crippen LogP) is 3.09. The number of halogens is 1. The van der Waals surface area contributed by atoms with Crippen LogP contribution in [0.2, 0.25) is 0 Å². The summed E-state index contributed by atoms with van der Waals surface area (Å²) in [4.78, 5) is 2.48. The van der Waals surface area contributed by atoms with Crippen molar-refractivity contribution in [3.05, 3.63) is 11.3 Å². The van der Waals surface area contributed by atoms with E-state index in [0.717, 1.165) is 18.2 Å². The Balaban J connectivity index is 2.38. The van der Waals surface area contributed by atoms with Gasteiger partial charge in [0.25, 0.3) is 0 Å². The van der Waals surface area contributed by atoms with E-state index in [1.54, 1.807) is 0 Å². The van der Waals surface area contributed by atoms with Crippen LogP contribution in [0.15, 0.2) is 0 Å². The zero-order valence-electron chi connectivity index (χ0n) is 11.2. The smallest absolute Gasteiger partial charge is 0.131 e. The maximum Gasteiger partial charge on any atom is 0.131 e. The maximum atomic E-state index is 6.07. The summed E-state index contributed by atoms with van der Waals surface area (Å²) < 4.78 is 1.99. The van der Waals surface area contributed by atoms with Crippen LogP contribution in [0.1, 0.15) is 37.9 Å². The monoisotopic (exact) mass is 255 g/mol. The van der Waals surface area contributed by atoms with Crippen molar-refractivity contribution in [2.45, 2.75) is 45.5 Å². The summed E-state index contributed by atoms with van der Waals surface area (Å²) in [5.74, 6) is 2.51. The molecule has 1 aliphatic rings. The van der Waals surface area contributed by atoms with Gasteiger partial charge in [0.2, 0.25) is 0 Å². The van der Waals surface area contributed by atoms with Crippen molar-refractivity contribution < 1.29 is 0 Å². The van der Waals surface area contributed by atoms with Crippen LogP contribution in [-0.4, -0.2) is 22.4 Å². The Morgan fingerprint density at radius 3 is 2.76 bits per heavy atom. The van der Waals surface area contributed by atoms with Crippen molar-refractivity contribution in [3.8, 4) is 0 Å². The fourth-order valence-corrected chi connectivity index (χ4v) is 3.15. The number of nitrogens with zero attached hydrogens (tertiary/aromatic N) is 3. The zero-order chi connectivity index (χ0) is 12.6. The molecule has 3 nitrogen and oxygen atoms in total. The molecule has 0 saturated carbocycles. The molecule has 0 amide bonds. The minimum Gasteiger partial charge on any atom is -0.354 e. The van der Waals surface area contributed by atoms with Crippen LogP contribution in [0.25, 0.3) is 0 Å². The van der Waals surface area contributed by atoms with Gasteiger partial charge in [-0.2, -0.15) is 5.10 Å². The number of hydrogen-bond donors (Lipinski definition) is 0. The molecule has 2 heterocycles. The van der Waals surface area contributed by atoms with Crippen molar-refractivity contribution in [2.75, 3.05) is 11.4 Å². The molecule has 1 saturated heterocycles. The van der Waals surface area contributed by atoms with E-state index in [2.05, 4.69) is 23.8 Å². The van der Waals surface area contributed by atoms with Crippen LogP contribution in [0, 0.1) is 12.8 Å². The second-order valence-corrected chi connectivity index (χ2v) is 5.47. The number of aromatic nitrogens is 2. The van der Waals surface area contributed by atoms with Gasteiger partial charge in [0, 0.05) is 25.2 Å². The number of piperidine rings is 1. The minimum absolute atomic E-state index is 0.548. The van der Waals surface area contributed by atoms with Crippen LogP contribution in [0.5, 0.6) is 0 Å². The van der Waals surface area contributed by atoms with E-state index >= 15 is 0 Å². The third kappa shape index (κ3) is 2.17. The lowest BCUT2D eigenvalue weighted by Gasteiger charge is -2.39. The fraction of sp³-hybridized carbons (Fsp3) is 0.769. The molecule has 1 aromatic heterocycles. The maximum absolute atomic E-state index is 6.07. The van der Waals surface area contributed by atoms with Gasteiger partial charge in [-0.15, -0.1) is 11.6 Å². The zero-order valence-corrected chi connectivity index (χ0v) is 12.0. The molecule has 2 atom stereocenters. The average Bonchev–Trinajstić information content (AvgIpc) is 2.57. The lowest BCUT2D eigenvalue weighted by atomic mass is 9.92. The Morgan fingerprint density at radius 2 is 2.12 bits per heavy atom. The van der Waals surface area contributed by atoms with Crippen molar-refractivity contribution in [1.82, 2.24) is 9.78 Å². The van der Waals surface area contributed by atoms with Crippen LogP contribution in [-0.2, 0) is 12.9 Å². The molecule has 1 fully saturated rings. The number of aryl methyl sites for hydroxylation is 2. The topological polar surface area (TPSA) is 21.1 Å². The van der Waals surface area contributed by atoms with Crippen molar-refractivity contribution in [1.29, 1.82) is 0 Å². The molecular weight excluding hydrogens is 234 g/mol. The van der Waals surface area contributed by atoms with Crippen LogP contribution in [0.4, 0.5) is 5.82 Å². The fourth-order valence-electron chi connectivity index (χ4n) is 2.84. The highest BCUT2D eigenvalue weighted by atomic mass is 35.5. The molecule has 0 spiro atoms. The molecule has 1 aliphatic heterocycles. The first-order chi connectivity index (χ1) is 8.06. The van der Waals surface area contributed by atoms with Crippen LogP contribution < -0.4 is 4.90 Å². The van der Waals surface area contributed by atoms with Crippen molar-refractivity contribution >= 4 is 17.4 Å². The van der Waals surface area contributed by atoms with E-state index < -0.39 is 0 Å². The van der Waals surface area contributed by atoms with E-state index in [4.69, 9.17) is 11.6 Å². The first-order valence-electron chi connectivity index (χ1n) is 6.41. The highest BCUT2D eigenvalue weighted by Gasteiger charge is 2.29. The average molecular weight is 256 g/mol. The lowest BCUT2D eigenvalue weighted by Crippen LogP contribution is -2.43. The first kappa shape index (κ1) is 12.7. The normalized spacial score (nSPS) is 25.4. The summed E-state index contributed by atoms with van der Waals surface area (Å²) in [5.41, 5.74) is 2.25. The molecule has 96 valence electrons. The van der Waals surface area contributed by atoms with Gasteiger partial charge >= 0.3 is 0 Å². The van der Waals surface area contributed by atoms with E-state index in [-0.39, 0.29) is 0 Å². The Bertz CT molecular complexity index is 400. The SMILES string of the molecule is Cc1nn(C)c(N2CCCC(C)C2C)c1CCl. The van der Waals surface area contributed by atoms with Crippen molar-refractivity contribution in [2.24, 2.45) is 13.0 Å². The molecule has 0 bridgehead atoms. The molecule has 0 aromatic carbocycles. The van der Waals surface area contributed by atoms with Gasteiger partial charge in [-0.3, -0.25) is 4.68 Å². The summed E-state index contributed by atoms with van der Waals surface area (Å²) in [6.07, 6.45) is 2.59. The largest absolute Gasteiger partial charge is 0.354 e. The van der Waals surface area contributed by atoms with Gasteiger partial charge in [-0.1, -0.05) is 6.92 Å². The number of anilines is 1. The number of alkyl halides is 1. The summed E-state index contributed by atoms with van der Waals surface area (Å²) in [5, 5.41) is 4.51. The summed E-state index contributed by atoms with van der Waals surface area (Å²) in [6.45, 7) is 7.80. The summed E-state index contributed by atoms with van der Waals surface area (Å²) >= 11 is 6.07. The second-order valence-electron chi connectivity index (χ2n) is 5.20. The Hall–Kier alpha value is -0.700. The van der Waals surface area contributed by atoms with Gasteiger partial charge < -0.3 is 4.90 Å². The molecule has 0 N–H and O–H groups in total. The molecule has 1 aromatic rings. The van der Waals surface area contributed by atoms with Crippen molar-refractivity contribution in [3.63, 3.8) is 0 Å². The third-order valence-electron chi connectivity index (χ3n) is 4.09. The molecule has 2 rings (SSSR count). The Morgan fingerprint density at radius 1 is 1.41 bits per heavy atom. The van der Waals surface area contributed by atoms with Gasteiger partial charge in [-0.25, -0.2) is 0 Å². The molecule has 2 unspecified atom stereocenters. The van der Waals surface area contributed by atoms with Gasteiger partial charge in [0.15, 0.2) is 0 Å². The van der Waals surface area contributed by atoms with Gasteiger partial charge in [0.05, 0.1) is 11.6 Å². The quantitative estimate of drug-likeness (QED) is 0.758. The first-order valence-corrected chi connectivity index (χ1v) is 6.94. The molecule has 17 heavy (non-hydrogen) atoms. The predicted molar refractivity (Wildman–Crippen MR) is 72.7 cm³/mol. The highest BCUT2D eigenvalue weighted by molar-refractivity contribution is 6.17. The second kappa shape index (κ2) is 4.89. The summed E-state index contributed by atoms with van der Waals surface area (Å²) in [7, 11) is 2.02. The van der Waals surface area contributed by atoms with Gasteiger partial charge in [-0.05, 0) is 32.6 Å². The van der Waals surface area contributed by atoms with Crippen LogP contribution in [0.3, 0.4) is 0 Å². The van der Waals surface area contributed by atoms with Crippen LogP contribution >= 0.6 is 11.6 Å². The molecular formula is C13H22ClN3. The number of hydrogen-bond acceptors (Lipinski definition) is 2. The third-order valence-corrected chi connectivity index (χ3v) is 4.36. The number of rotatable bonds is 2. The minimum atomic E-state index is 0.548. The molecule has 0 radical (unpaired) electrons. The van der Waals surface area contributed by atoms with E-state index in [9.17, 15) is 0 Å². The molecule has 0 aliphatic carbocycles. The van der Waals surface area contributed by atoms with E-state index in [0.29, 0.717) is 11.9 Å². The van der Waals surface area contributed by atoms with E-state index in [1.165, 1.54) is 24.2 Å². The Labute approximate surface area is 109 Å². The Kier molecular flexibility index (Phi) is 3.67. The standard InChI is InChI=1S/C13H22ClN3/c1-9-6-5-7-17(11(9)3)13-12(8-14)10(2)15-16(13)4/h9,11H,5-8H2,1-4H3. The van der Waals surface area contributed by atoms with Gasteiger partial charge in [0.1, 0.15) is 5.82 Å². The summed E-state index contributed by atoms with van der Waals surface area (Å²) in [6, 6.07) is 0.570.